The largest absolute Gasteiger partial charge is 0.574 e. The number of nitrogens with zero attached hydrogens (tertiary/aromatic N) is 1. The molecule has 0 aliphatic carbocycles. The number of hydrogen-bond acceptors (Lipinski definition) is 4. The Bertz CT molecular complexity index is 558. The van der Waals surface area contributed by atoms with E-state index >= 15 is 0 Å². The quantitative estimate of drug-likeness (QED) is 0.405. The summed E-state index contributed by atoms with van der Waals surface area (Å²) in [5.74, 6) is -2.10. The van der Waals surface area contributed by atoms with Gasteiger partial charge >= 0.3 is 18.5 Å². The zero-order valence-electron chi connectivity index (χ0n) is 10.8. The van der Waals surface area contributed by atoms with E-state index in [0.29, 0.717) is 6.07 Å². The van der Waals surface area contributed by atoms with Crippen molar-refractivity contribution in [2.75, 3.05) is 6.61 Å². The summed E-state index contributed by atoms with van der Waals surface area (Å²) in [5, 5.41) is 0. The van der Waals surface area contributed by atoms with Crippen molar-refractivity contribution in [3.63, 3.8) is 0 Å². The van der Waals surface area contributed by atoms with Crippen molar-refractivity contribution < 1.29 is 40.6 Å². The molecule has 4 nitrogen and oxygen atoms in total. The van der Waals surface area contributed by atoms with Crippen LogP contribution in [0.1, 0.15) is 18.2 Å². The van der Waals surface area contributed by atoms with E-state index in [4.69, 9.17) is 0 Å². The molecule has 0 saturated heterocycles. The number of carbonyl (C=O) groups excluding carboxylic acids is 1. The molecule has 0 atom stereocenters. The van der Waals surface area contributed by atoms with E-state index in [1.807, 2.05) is 0 Å². The highest BCUT2D eigenvalue weighted by Crippen LogP contribution is 2.36. The number of halogens is 7. The molecule has 0 bridgehead atoms. The van der Waals surface area contributed by atoms with Crippen molar-refractivity contribution in [2.45, 2.75) is 25.9 Å². The zero-order chi connectivity index (χ0) is 17.1. The maximum Gasteiger partial charge on any atom is 0.574 e. The summed E-state index contributed by atoms with van der Waals surface area (Å²) in [6.45, 7) is 1.35. The molecule has 0 unspecified atom stereocenters. The van der Waals surface area contributed by atoms with E-state index in [9.17, 15) is 31.1 Å². The summed E-state index contributed by atoms with van der Waals surface area (Å²) in [5.41, 5.74) is -2.22. The number of rotatable bonds is 4. The lowest BCUT2D eigenvalue weighted by molar-refractivity contribution is -0.276. The number of ether oxygens (including phenoxy) is 2. The van der Waals surface area contributed by atoms with E-state index in [-0.39, 0.29) is 6.61 Å². The minimum Gasteiger partial charge on any atom is -0.466 e. The molecule has 0 aliphatic heterocycles. The monoisotopic (exact) mass is 443 g/mol. The van der Waals surface area contributed by atoms with Crippen LogP contribution in [0.4, 0.5) is 26.3 Å². The van der Waals surface area contributed by atoms with Gasteiger partial charge in [-0.2, -0.15) is 13.2 Å². The molecule has 1 aromatic rings. The zero-order valence-corrected chi connectivity index (χ0v) is 13.0. The molecule has 0 radical (unpaired) electrons. The van der Waals surface area contributed by atoms with E-state index in [1.165, 1.54) is 29.5 Å². The first-order valence-corrected chi connectivity index (χ1v) is 6.70. The predicted molar refractivity (Wildman–Crippen MR) is 69.0 cm³/mol. The van der Waals surface area contributed by atoms with Crippen LogP contribution in [0.15, 0.2) is 6.07 Å². The molecule has 124 valence electrons. The first kappa shape index (κ1) is 18.8. The highest BCUT2D eigenvalue weighted by molar-refractivity contribution is 14.1. The van der Waals surface area contributed by atoms with Gasteiger partial charge in [0.1, 0.15) is 0 Å². The van der Waals surface area contributed by atoms with Gasteiger partial charge in [0, 0.05) is 0 Å². The van der Waals surface area contributed by atoms with Gasteiger partial charge in [-0.25, -0.2) is 4.98 Å². The lowest BCUT2D eigenvalue weighted by atomic mass is 10.1. The number of pyridine rings is 1. The van der Waals surface area contributed by atoms with Gasteiger partial charge in [-0.3, -0.25) is 4.79 Å². The van der Waals surface area contributed by atoms with Gasteiger partial charge in [-0.1, -0.05) is 0 Å². The molecule has 1 heterocycles. The summed E-state index contributed by atoms with van der Waals surface area (Å²) in [7, 11) is 0. The Morgan fingerprint density at radius 2 is 1.86 bits per heavy atom. The lowest BCUT2D eigenvalue weighted by Crippen LogP contribution is -2.21. The number of aromatic nitrogens is 1. The summed E-state index contributed by atoms with van der Waals surface area (Å²) in [6, 6.07) is 0.434. The third-order valence-corrected chi connectivity index (χ3v) is 2.93. The van der Waals surface area contributed by atoms with E-state index < -0.39 is 45.6 Å². The normalized spacial score (nSPS) is 12.2. The fourth-order valence-corrected chi connectivity index (χ4v) is 1.96. The van der Waals surface area contributed by atoms with Gasteiger partial charge < -0.3 is 9.47 Å². The Kier molecular flexibility index (Phi) is 5.87. The van der Waals surface area contributed by atoms with Crippen LogP contribution < -0.4 is 4.74 Å². The third-order valence-electron chi connectivity index (χ3n) is 2.16. The van der Waals surface area contributed by atoms with Crippen LogP contribution >= 0.6 is 22.6 Å². The van der Waals surface area contributed by atoms with Crippen LogP contribution in [0.2, 0.25) is 0 Å². The van der Waals surface area contributed by atoms with Gasteiger partial charge in [-0.15, -0.1) is 13.2 Å². The fourth-order valence-electron chi connectivity index (χ4n) is 1.42. The van der Waals surface area contributed by atoms with Gasteiger partial charge in [0.2, 0.25) is 5.88 Å². The maximum absolute atomic E-state index is 12.9. The van der Waals surface area contributed by atoms with Crippen LogP contribution in [0.25, 0.3) is 0 Å². The molecule has 0 aromatic carbocycles. The van der Waals surface area contributed by atoms with Crippen LogP contribution in [-0.2, 0) is 22.1 Å². The second-order valence-electron chi connectivity index (χ2n) is 3.80. The second-order valence-corrected chi connectivity index (χ2v) is 4.96. The highest BCUT2D eigenvalue weighted by Gasteiger charge is 2.38. The Morgan fingerprint density at radius 1 is 1.27 bits per heavy atom. The average Bonchev–Trinajstić information content (AvgIpc) is 2.30. The molecular weight excluding hydrogens is 435 g/mol. The third kappa shape index (κ3) is 5.50. The van der Waals surface area contributed by atoms with Crippen molar-refractivity contribution >= 4 is 28.6 Å². The number of carbonyl (C=O) groups is 1. The van der Waals surface area contributed by atoms with Gasteiger partial charge in [0.25, 0.3) is 0 Å². The summed E-state index contributed by atoms with van der Waals surface area (Å²) < 4.78 is 82.7. The van der Waals surface area contributed by atoms with Crippen LogP contribution in [0, 0.1) is 3.57 Å². The van der Waals surface area contributed by atoms with Crippen molar-refractivity contribution in [1.82, 2.24) is 4.98 Å². The first-order valence-electron chi connectivity index (χ1n) is 5.62. The smallest absolute Gasteiger partial charge is 0.466 e. The fraction of sp³-hybridized carbons (Fsp3) is 0.455. The highest BCUT2D eigenvalue weighted by atomic mass is 127. The summed E-state index contributed by atoms with van der Waals surface area (Å²) in [4.78, 5) is 14.5. The Hall–Kier alpha value is -1.27. The minimum atomic E-state index is -5.12. The van der Waals surface area contributed by atoms with Crippen molar-refractivity contribution in [1.29, 1.82) is 0 Å². The Morgan fingerprint density at radius 3 is 2.32 bits per heavy atom. The lowest BCUT2D eigenvalue weighted by Gasteiger charge is -2.15. The standard InChI is InChI=1S/C11H8F6INO3/c1-2-21-8(20)4-7-5(10(12,13)14)3-6(18)9(19-7)22-11(15,16)17/h3H,2,4H2,1H3. The van der Waals surface area contributed by atoms with Crippen LogP contribution in [0.5, 0.6) is 5.88 Å². The first-order chi connectivity index (χ1) is 9.94. The number of esters is 1. The van der Waals surface area contributed by atoms with E-state index in [0.717, 1.165) is 0 Å². The molecule has 0 N–H and O–H groups in total. The molecule has 0 aliphatic rings. The molecule has 22 heavy (non-hydrogen) atoms. The van der Waals surface area contributed by atoms with Crippen molar-refractivity contribution in [3.8, 4) is 5.88 Å². The van der Waals surface area contributed by atoms with Crippen molar-refractivity contribution in [3.05, 3.63) is 20.9 Å². The SMILES string of the molecule is CCOC(=O)Cc1nc(OC(F)(F)F)c(I)cc1C(F)(F)F. The average molecular weight is 443 g/mol. The molecule has 0 spiro atoms. The molecule has 0 saturated carbocycles. The number of alkyl halides is 6. The van der Waals surface area contributed by atoms with Gasteiger partial charge in [0.15, 0.2) is 0 Å². The maximum atomic E-state index is 12.9. The van der Waals surface area contributed by atoms with Crippen molar-refractivity contribution in [2.24, 2.45) is 0 Å². The molecule has 11 heteroatoms. The Balaban J connectivity index is 3.29. The Labute approximate surface area is 133 Å². The molecular formula is C11H8F6INO3. The van der Waals surface area contributed by atoms with Gasteiger partial charge in [-0.05, 0) is 35.6 Å². The second kappa shape index (κ2) is 6.87. The van der Waals surface area contributed by atoms with E-state index in [1.54, 1.807) is 0 Å². The summed E-state index contributed by atoms with van der Waals surface area (Å²) in [6.07, 6.45) is -10.9. The summed E-state index contributed by atoms with van der Waals surface area (Å²) >= 11 is 1.23. The number of hydrogen-bond donors (Lipinski definition) is 0. The topological polar surface area (TPSA) is 48.4 Å². The molecule has 0 amide bonds. The predicted octanol–water partition coefficient (Wildman–Crippen LogP) is 3.71. The molecule has 0 fully saturated rings. The van der Waals surface area contributed by atoms with E-state index in [2.05, 4.69) is 14.5 Å². The van der Waals surface area contributed by atoms with Crippen LogP contribution in [-0.4, -0.2) is 23.9 Å². The molecule has 1 aromatic heterocycles. The minimum absolute atomic E-state index is 0.0868. The van der Waals surface area contributed by atoms with Crippen LogP contribution in [0.3, 0.4) is 0 Å². The van der Waals surface area contributed by atoms with Gasteiger partial charge in [0.05, 0.1) is 27.9 Å². The molecule has 1 rings (SSSR count).